The monoisotopic (exact) mass is 207 g/mol. The van der Waals surface area contributed by atoms with Crippen molar-refractivity contribution in [1.82, 2.24) is 9.97 Å². The Bertz CT molecular complexity index is 326. The maximum Gasteiger partial charge on any atom is 0.225 e. The van der Waals surface area contributed by atoms with E-state index in [2.05, 4.69) is 21.9 Å². The van der Waals surface area contributed by atoms with Crippen molar-refractivity contribution in [1.29, 1.82) is 0 Å². The van der Waals surface area contributed by atoms with Gasteiger partial charge in [0.05, 0.1) is 6.61 Å². The molecule has 0 bridgehead atoms. The molecular formula is C11H17N3O. The number of rotatable bonds is 6. The summed E-state index contributed by atoms with van der Waals surface area (Å²) in [6.45, 7) is 8.97. The van der Waals surface area contributed by atoms with E-state index in [0.29, 0.717) is 18.4 Å². The summed E-state index contributed by atoms with van der Waals surface area (Å²) >= 11 is 0. The lowest BCUT2D eigenvalue weighted by molar-refractivity contribution is 0.310. The van der Waals surface area contributed by atoms with Gasteiger partial charge in [-0.3, -0.25) is 0 Å². The van der Waals surface area contributed by atoms with Crippen LogP contribution in [-0.4, -0.2) is 23.1 Å². The Kier molecular flexibility index (Phi) is 4.60. The number of ether oxygens (including phenoxy) is 1. The summed E-state index contributed by atoms with van der Waals surface area (Å²) in [6, 6.07) is 0. The topological polar surface area (TPSA) is 47.0 Å². The molecule has 0 saturated carbocycles. The van der Waals surface area contributed by atoms with Crippen molar-refractivity contribution in [2.45, 2.75) is 20.3 Å². The Balaban J connectivity index is 2.67. The molecule has 1 aromatic heterocycles. The minimum absolute atomic E-state index is 0.604. The highest BCUT2D eigenvalue weighted by Gasteiger charge is 2.03. The Morgan fingerprint density at radius 1 is 1.60 bits per heavy atom. The van der Waals surface area contributed by atoms with Crippen LogP contribution in [0.3, 0.4) is 0 Å². The van der Waals surface area contributed by atoms with Gasteiger partial charge >= 0.3 is 0 Å². The summed E-state index contributed by atoms with van der Waals surface area (Å²) in [5.74, 6) is 1.25. The highest BCUT2D eigenvalue weighted by atomic mass is 16.5. The molecule has 15 heavy (non-hydrogen) atoms. The molecule has 1 rings (SSSR count). The molecule has 4 heteroatoms. The van der Waals surface area contributed by atoms with Crippen molar-refractivity contribution >= 4 is 5.95 Å². The number of hydrogen-bond donors (Lipinski definition) is 1. The van der Waals surface area contributed by atoms with Gasteiger partial charge in [-0.1, -0.05) is 6.08 Å². The van der Waals surface area contributed by atoms with Gasteiger partial charge in [-0.2, -0.15) is 4.98 Å². The summed E-state index contributed by atoms with van der Waals surface area (Å²) < 4.78 is 5.50. The van der Waals surface area contributed by atoms with Crippen molar-refractivity contribution in [3.8, 4) is 5.88 Å². The van der Waals surface area contributed by atoms with E-state index < -0.39 is 0 Å². The van der Waals surface area contributed by atoms with Crippen LogP contribution in [0.2, 0.25) is 0 Å². The van der Waals surface area contributed by atoms with Crippen molar-refractivity contribution in [2.75, 3.05) is 18.5 Å². The van der Waals surface area contributed by atoms with Gasteiger partial charge in [-0.25, -0.2) is 4.98 Å². The number of aryl methyl sites for hydroxylation is 1. The molecule has 0 unspecified atom stereocenters. The molecule has 0 atom stereocenters. The van der Waals surface area contributed by atoms with E-state index in [1.165, 1.54) is 0 Å². The highest BCUT2D eigenvalue weighted by molar-refractivity contribution is 5.32. The minimum Gasteiger partial charge on any atom is -0.477 e. The molecule has 0 saturated heterocycles. The van der Waals surface area contributed by atoms with Gasteiger partial charge in [0.2, 0.25) is 11.8 Å². The predicted molar refractivity (Wildman–Crippen MR) is 61.2 cm³/mol. The quantitative estimate of drug-likeness (QED) is 0.573. The standard InChI is InChI=1S/C11H17N3O/c1-4-6-7-15-10-9(3)8-13-11(14-10)12-5-2/h4,8H,1,5-7H2,2-3H3,(H,12,13,14). The lowest BCUT2D eigenvalue weighted by Crippen LogP contribution is -2.06. The highest BCUT2D eigenvalue weighted by Crippen LogP contribution is 2.15. The van der Waals surface area contributed by atoms with E-state index in [4.69, 9.17) is 4.74 Å². The van der Waals surface area contributed by atoms with Crippen LogP contribution in [0.25, 0.3) is 0 Å². The van der Waals surface area contributed by atoms with Crippen LogP contribution in [-0.2, 0) is 0 Å². The van der Waals surface area contributed by atoms with Crippen LogP contribution in [0.1, 0.15) is 18.9 Å². The Labute approximate surface area is 90.4 Å². The van der Waals surface area contributed by atoms with Crippen molar-refractivity contribution in [3.05, 3.63) is 24.4 Å². The summed E-state index contributed by atoms with van der Waals surface area (Å²) in [5.41, 5.74) is 0.945. The molecule has 0 aliphatic rings. The van der Waals surface area contributed by atoms with Gasteiger partial charge < -0.3 is 10.1 Å². The van der Waals surface area contributed by atoms with Crippen molar-refractivity contribution < 1.29 is 4.74 Å². The average molecular weight is 207 g/mol. The summed E-state index contributed by atoms with van der Waals surface area (Å²) in [4.78, 5) is 8.39. The first-order valence-electron chi connectivity index (χ1n) is 5.09. The lowest BCUT2D eigenvalue weighted by atomic mass is 10.4. The normalized spacial score (nSPS) is 9.73. The van der Waals surface area contributed by atoms with Gasteiger partial charge in [0.15, 0.2) is 0 Å². The van der Waals surface area contributed by atoms with Gasteiger partial charge in [0, 0.05) is 18.3 Å². The first-order chi connectivity index (χ1) is 7.27. The number of nitrogens with one attached hydrogen (secondary N) is 1. The molecule has 0 amide bonds. The molecule has 4 nitrogen and oxygen atoms in total. The lowest BCUT2D eigenvalue weighted by Gasteiger charge is -2.08. The van der Waals surface area contributed by atoms with Gasteiger partial charge in [0.1, 0.15) is 0 Å². The van der Waals surface area contributed by atoms with Crippen LogP contribution in [0, 0.1) is 6.92 Å². The van der Waals surface area contributed by atoms with Crippen LogP contribution < -0.4 is 10.1 Å². The first kappa shape index (κ1) is 11.5. The van der Waals surface area contributed by atoms with E-state index in [-0.39, 0.29) is 0 Å². The smallest absolute Gasteiger partial charge is 0.225 e. The second-order valence-corrected chi connectivity index (χ2v) is 3.14. The van der Waals surface area contributed by atoms with Crippen LogP contribution in [0.15, 0.2) is 18.9 Å². The van der Waals surface area contributed by atoms with E-state index in [1.807, 2.05) is 19.9 Å². The van der Waals surface area contributed by atoms with Crippen LogP contribution in [0.5, 0.6) is 5.88 Å². The first-order valence-corrected chi connectivity index (χ1v) is 5.09. The fourth-order valence-electron chi connectivity index (χ4n) is 1.05. The Hall–Kier alpha value is -1.58. The Morgan fingerprint density at radius 2 is 2.40 bits per heavy atom. The molecule has 0 aromatic carbocycles. The van der Waals surface area contributed by atoms with Gasteiger partial charge in [-0.15, -0.1) is 6.58 Å². The van der Waals surface area contributed by atoms with Gasteiger partial charge in [0.25, 0.3) is 0 Å². The molecule has 1 heterocycles. The molecule has 0 radical (unpaired) electrons. The third-order valence-corrected chi connectivity index (χ3v) is 1.82. The summed E-state index contributed by atoms with van der Waals surface area (Å²) in [6.07, 6.45) is 4.40. The number of nitrogens with zero attached hydrogens (tertiary/aromatic N) is 2. The third kappa shape index (κ3) is 3.58. The van der Waals surface area contributed by atoms with Crippen LogP contribution in [0.4, 0.5) is 5.95 Å². The molecule has 0 spiro atoms. The number of anilines is 1. The van der Waals surface area contributed by atoms with E-state index in [1.54, 1.807) is 6.20 Å². The predicted octanol–water partition coefficient (Wildman–Crippen LogP) is 2.17. The molecule has 1 aromatic rings. The fraction of sp³-hybridized carbons (Fsp3) is 0.455. The SMILES string of the molecule is C=CCCOc1nc(NCC)ncc1C. The van der Waals surface area contributed by atoms with Crippen molar-refractivity contribution in [3.63, 3.8) is 0 Å². The maximum atomic E-state index is 5.50. The zero-order chi connectivity index (χ0) is 11.1. The van der Waals surface area contributed by atoms with Gasteiger partial charge in [-0.05, 0) is 20.3 Å². The second-order valence-electron chi connectivity index (χ2n) is 3.14. The fourth-order valence-corrected chi connectivity index (χ4v) is 1.05. The Morgan fingerprint density at radius 3 is 3.07 bits per heavy atom. The van der Waals surface area contributed by atoms with E-state index in [0.717, 1.165) is 18.5 Å². The summed E-state index contributed by atoms with van der Waals surface area (Å²) in [7, 11) is 0. The summed E-state index contributed by atoms with van der Waals surface area (Å²) in [5, 5.41) is 3.04. The average Bonchev–Trinajstić information content (AvgIpc) is 2.23. The molecule has 82 valence electrons. The zero-order valence-corrected chi connectivity index (χ0v) is 9.29. The molecule has 0 aliphatic heterocycles. The number of aromatic nitrogens is 2. The van der Waals surface area contributed by atoms with E-state index in [9.17, 15) is 0 Å². The molecule has 0 aliphatic carbocycles. The van der Waals surface area contributed by atoms with Crippen molar-refractivity contribution in [2.24, 2.45) is 0 Å². The second kappa shape index (κ2) is 6.01. The molecule has 0 fully saturated rings. The zero-order valence-electron chi connectivity index (χ0n) is 9.29. The third-order valence-electron chi connectivity index (χ3n) is 1.82. The minimum atomic E-state index is 0.604. The van der Waals surface area contributed by atoms with Crippen LogP contribution >= 0.6 is 0 Å². The number of hydrogen-bond acceptors (Lipinski definition) is 4. The van der Waals surface area contributed by atoms with E-state index >= 15 is 0 Å². The largest absolute Gasteiger partial charge is 0.477 e. The maximum absolute atomic E-state index is 5.50. The molecule has 1 N–H and O–H groups in total. The molecular weight excluding hydrogens is 190 g/mol.